The predicted octanol–water partition coefficient (Wildman–Crippen LogP) is 6.85. The van der Waals surface area contributed by atoms with Crippen molar-refractivity contribution in [1.29, 1.82) is 0 Å². The van der Waals surface area contributed by atoms with Gasteiger partial charge in [-0.05, 0) is 61.2 Å². The number of urea groups is 1. The molecule has 2 amide bonds. The molecule has 1 saturated carbocycles. The maximum absolute atomic E-state index is 13.4. The van der Waals surface area contributed by atoms with Crippen LogP contribution in [0.3, 0.4) is 0 Å². The molecule has 5 nitrogen and oxygen atoms in total. The molecule has 182 valence electrons. The minimum absolute atomic E-state index is 0.0353. The van der Waals surface area contributed by atoms with Crippen molar-refractivity contribution in [2.75, 3.05) is 11.4 Å². The molecule has 3 aromatic carbocycles. The van der Waals surface area contributed by atoms with Crippen molar-refractivity contribution in [2.24, 2.45) is 0 Å². The van der Waals surface area contributed by atoms with Crippen LogP contribution in [0.1, 0.15) is 44.6 Å². The van der Waals surface area contributed by atoms with Gasteiger partial charge in [0.15, 0.2) is 0 Å². The van der Waals surface area contributed by atoms with Gasteiger partial charge in [0.1, 0.15) is 5.75 Å². The highest BCUT2D eigenvalue weighted by Crippen LogP contribution is 2.32. The standard InChI is InChI=1S/C29H32N2O3S/c1-22(32)34-26-15-9-17-28(21-26)35-27-16-8-14-25(20-27)31(19-18-23-10-4-2-5-11-23)29(33)30-24-12-6-3-7-13-24/h2,4-5,8-11,14-17,20-21,24H,3,6-7,12-13,18-19H2,1H3,(H,30,33). The highest BCUT2D eigenvalue weighted by Gasteiger charge is 2.21. The van der Waals surface area contributed by atoms with E-state index in [0.717, 1.165) is 34.7 Å². The average molecular weight is 489 g/mol. The number of nitrogens with zero attached hydrogens (tertiary/aromatic N) is 1. The van der Waals surface area contributed by atoms with Crippen molar-refractivity contribution >= 4 is 29.4 Å². The Labute approximate surface area is 211 Å². The molecular formula is C29H32N2O3S. The highest BCUT2D eigenvalue weighted by molar-refractivity contribution is 7.99. The van der Waals surface area contributed by atoms with Crippen molar-refractivity contribution in [3.05, 3.63) is 84.4 Å². The van der Waals surface area contributed by atoms with Crippen molar-refractivity contribution in [3.63, 3.8) is 0 Å². The third-order valence-corrected chi connectivity index (χ3v) is 7.06. The Morgan fingerprint density at radius 3 is 2.37 bits per heavy atom. The highest BCUT2D eigenvalue weighted by atomic mass is 32.2. The summed E-state index contributed by atoms with van der Waals surface area (Å²) >= 11 is 1.57. The zero-order chi connectivity index (χ0) is 24.5. The lowest BCUT2D eigenvalue weighted by atomic mass is 9.96. The number of hydrogen-bond donors (Lipinski definition) is 1. The van der Waals surface area contributed by atoms with Crippen LogP contribution in [0.15, 0.2) is 88.7 Å². The van der Waals surface area contributed by atoms with Crippen LogP contribution in [0, 0.1) is 0 Å². The zero-order valence-corrected chi connectivity index (χ0v) is 20.9. The number of hydrogen-bond acceptors (Lipinski definition) is 4. The van der Waals surface area contributed by atoms with Gasteiger partial charge >= 0.3 is 12.0 Å². The number of carbonyl (C=O) groups excluding carboxylic acids is 2. The molecule has 0 saturated heterocycles. The molecule has 0 radical (unpaired) electrons. The van der Waals surface area contributed by atoms with Crippen molar-refractivity contribution in [2.45, 2.75) is 61.3 Å². The van der Waals surface area contributed by atoms with Crippen LogP contribution < -0.4 is 15.0 Å². The van der Waals surface area contributed by atoms with Gasteiger partial charge in [-0.1, -0.05) is 73.5 Å². The molecule has 1 N–H and O–H groups in total. The van der Waals surface area contributed by atoms with Gasteiger partial charge in [0, 0.05) is 35.0 Å². The van der Waals surface area contributed by atoms with Crippen LogP contribution in [0.2, 0.25) is 0 Å². The van der Waals surface area contributed by atoms with E-state index in [9.17, 15) is 9.59 Å². The third kappa shape index (κ3) is 7.62. The van der Waals surface area contributed by atoms with Crippen LogP contribution >= 0.6 is 11.8 Å². The Kier molecular flexibility index (Phi) is 8.85. The maximum atomic E-state index is 13.4. The minimum atomic E-state index is -0.341. The van der Waals surface area contributed by atoms with E-state index in [0.29, 0.717) is 12.3 Å². The normalized spacial score (nSPS) is 13.7. The first kappa shape index (κ1) is 24.9. The quantitative estimate of drug-likeness (QED) is 0.278. The Hall–Kier alpha value is -3.25. The molecule has 0 atom stereocenters. The summed E-state index contributed by atoms with van der Waals surface area (Å²) in [5, 5.41) is 3.28. The first-order valence-corrected chi connectivity index (χ1v) is 13.1. The fraction of sp³-hybridized carbons (Fsp3) is 0.310. The largest absolute Gasteiger partial charge is 0.427 e. The Morgan fingerprint density at radius 1 is 0.914 bits per heavy atom. The number of rotatable bonds is 8. The van der Waals surface area contributed by atoms with E-state index in [1.807, 2.05) is 59.5 Å². The Morgan fingerprint density at radius 2 is 1.63 bits per heavy atom. The topological polar surface area (TPSA) is 58.6 Å². The third-order valence-electron chi connectivity index (χ3n) is 6.08. The van der Waals surface area contributed by atoms with E-state index in [-0.39, 0.29) is 18.0 Å². The number of esters is 1. The Balaban J connectivity index is 1.52. The second-order valence-electron chi connectivity index (χ2n) is 8.84. The second kappa shape index (κ2) is 12.5. The molecule has 3 aromatic rings. The number of nitrogens with one attached hydrogen (secondary N) is 1. The SMILES string of the molecule is CC(=O)Oc1cccc(Sc2cccc(N(CCc3ccccc3)C(=O)NC3CCCCC3)c2)c1. The first-order valence-electron chi connectivity index (χ1n) is 12.3. The summed E-state index contributed by atoms with van der Waals surface area (Å²) in [4.78, 5) is 28.5. The van der Waals surface area contributed by atoms with Crippen LogP contribution in [-0.4, -0.2) is 24.6 Å². The average Bonchev–Trinajstić information content (AvgIpc) is 2.85. The van der Waals surface area contributed by atoms with Gasteiger partial charge in [-0.3, -0.25) is 9.69 Å². The fourth-order valence-electron chi connectivity index (χ4n) is 4.35. The Bertz CT molecular complexity index is 1130. The van der Waals surface area contributed by atoms with E-state index < -0.39 is 0 Å². The molecule has 0 bridgehead atoms. The molecule has 0 unspecified atom stereocenters. The smallest absolute Gasteiger partial charge is 0.322 e. The van der Waals surface area contributed by atoms with E-state index >= 15 is 0 Å². The van der Waals surface area contributed by atoms with Gasteiger partial charge in [-0.15, -0.1) is 0 Å². The van der Waals surface area contributed by atoms with Crippen molar-refractivity contribution in [3.8, 4) is 5.75 Å². The molecule has 0 aromatic heterocycles. The van der Waals surface area contributed by atoms with Gasteiger partial charge in [0.05, 0.1) is 0 Å². The van der Waals surface area contributed by atoms with E-state index in [1.165, 1.54) is 31.7 Å². The van der Waals surface area contributed by atoms with E-state index in [4.69, 9.17) is 4.74 Å². The monoisotopic (exact) mass is 488 g/mol. The second-order valence-corrected chi connectivity index (χ2v) is 9.99. The van der Waals surface area contributed by atoms with Gasteiger partial charge in [0.25, 0.3) is 0 Å². The molecular weight excluding hydrogens is 456 g/mol. The number of ether oxygens (including phenoxy) is 1. The summed E-state index contributed by atoms with van der Waals surface area (Å²) in [6.45, 7) is 1.99. The van der Waals surface area contributed by atoms with Crippen molar-refractivity contribution in [1.82, 2.24) is 5.32 Å². The van der Waals surface area contributed by atoms with Crippen LogP contribution in [-0.2, 0) is 11.2 Å². The van der Waals surface area contributed by atoms with Gasteiger partial charge in [0.2, 0.25) is 0 Å². The molecule has 0 aliphatic heterocycles. The minimum Gasteiger partial charge on any atom is -0.427 e. The van der Waals surface area contributed by atoms with Gasteiger partial charge in [-0.25, -0.2) is 4.79 Å². The number of amides is 2. The number of carbonyl (C=O) groups is 2. The summed E-state index contributed by atoms with van der Waals surface area (Å²) in [6, 6.07) is 26.0. The van der Waals surface area contributed by atoms with Crippen LogP contribution in [0.5, 0.6) is 5.75 Å². The number of anilines is 1. The summed E-state index contributed by atoms with van der Waals surface area (Å²) in [5.41, 5.74) is 2.08. The van der Waals surface area contributed by atoms with E-state index in [1.54, 1.807) is 17.8 Å². The number of benzene rings is 3. The summed E-state index contributed by atoms with van der Waals surface area (Å²) in [5.74, 6) is 0.183. The van der Waals surface area contributed by atoms with Crippen LogP contribution in [0.4, 0.5) is 10.5 Å². The molecule has 6 heteroatoms. The predicted molar refractivity (Wildman–Crippen MR) is 141 cm³/mol. The summed E-state index contributed by atoms with van der Waals surface area (Å²) in [7, 11) is 0. The lowest BCUT2D eigenvalue weighted by molar-refractivity contribution is -0.131. The molecule has 0 spiro atoms. The molecule has 4 rings (SSSR count). The zero-order valence-electron chi connectivity index (χ0n) is 20.1. The molecule has 1 aliphatic rings. The molecule has 1 fully saturated rings. The van der Waals surface area contributed by atoms with Crippen molar-refractivity contribution < 1.29 is 14.3 Å². The fourth-order valence-corrected chi connectivity index (χ4v) is 5.27. The van der Waals surface area contributed by atoms with Gasteiger partial charge < -0.3 is 10.1 Å². The van der Waals surface area contributed by atoms with Gasteiger partial charge in [-0.2, -0.15) is 0 Å². The molecule has 1 aliphatic carbocycles. The van der Waals surface area contributed by atoms with Crippen LogP contribution in [0.25, 0.3) is 0 Å². The summed E-state index contributed by atoms with van der Waals surface area (Å²) in [6.07, 6.45) is 6.48. The maximum Gasteiger partial charge on any atom is 0.322 e. The molecule has 35 heavy (non-hydrogen) atoms. The lowest BCUT2D eigenvalue weighted by Crippen LogP contribution is -2.46. The van der Waals surface area contributed by atoms with E-state index in [2.05, 4.69) is 23.5 Å². The molecule has 0 heterocycles. The lowest BCUT2D eigenvalue weighted by Gasteiger charge is -2.29. The first-order chi connectivity index (χ1) is 17.1. The summed E-state index contributed by atoms with van der Waals surface area (Å²) < 4.78 is 5.22.